The molecule has 0 spiro atoms. The van der Waals surface area contributed by atoms with E-state index in [2.05, 4.69) is 44.7 Å². The first-order chi connectivity index (χ1) is 8.15. The average molecular weight is 290 g/mol. The van der Waals surface area contributed by atoms with E-state index in [1.165, 1.54) is 11.1 Å². The molecule has 0 radical (unpaired) electrons. The van der Waals surface area contributed by atoms with Crippen molar-refractivity contribution in [2.45, 2.75) is 39.2 Å². The van der Waals surface area contributed by atoms with Crippen LogP contribution in [-0.2, 0) is 0 Å². The van der Waals surface area contributed by atoms with E-state index in [1.54, 1.807) is 0 Å². The Morgan fingerprint density at radius 3 is 2.39 bits per heavy atom. The SMILES string of the molecule is Cc1cccc(C)c1OCCCC[C@H](N)CS.Cl. The number of thiol groups is 1. The molecular formula is C14H24ClNOS. The first-order valence-electron chi connectivity index (χ1n) is 6.20. The molecule has 18 heavy (non-hydrogen) atoms. The van der Waals surface area contributed by atoms with E-state index in [-0.39, 0.29) is 18.4 Å². The third kappa shape index (κ3) is 5.98. The van der Waals surface area contributed by atoms with Crippen LogP contribution in [0.1, 0.15) is 30.4 Å². The molecule has 0 aliphatic carbocycles. The van der Waals surface area contributed by atoms with Gasteiger partial charge in [-0.2, -0.15) is 12.6 Å². The molecule has 0 aromatic heterocycles. The number of unbranched alkanes of at least 4 members (excludes halogenated alkanes) is 1. The van der Waals surface area contributed by atoms with Crippen LogP contribution in [0.3, 0.4) is 0 Å². The number of rotatable bonds is 7. The molecule has 104 valence electrons. The molecule has 0 amide bonds. The van der Waals surface area contributed by atoms with Crippen LogP contribution in [0, 0.1) is 13.8 Å². The van der Waals surface area contributed by atoms with Gasteiger partial charge in [-0.1, -0.05) is 18.2 Å². The molecule has 4 heteroatoms. The normalized spacial score (nSPS) is 11.8. The number of halogens is 1. The van der Waals surface area contributed by atoms with Crippen molar-refractivity contribution < 1.29 is 4.74 Å². The maximum Gasteiger partial charge on any atom is 0.125 e. The second-order valence-corrected chi connectivity index (χ2v) is 4.87. The fourth-order valence-electron chi connectivity index (χ4n) is 1.80. The van der Waals surface area contributed by atoms with E-state index < -0.39 is 0 Å². The van der Waals surface area contributed by atoms with Crippen LogP contribution < -0.4 is 10.5 Å². The van der Waals surface area contributed by atoms with Gasteiger partial charge < -0.3 is 10.5 Å². The van der Waals surface area contributed by atoms with Crippen molar-refractivity contribution in [1.29, 1.82) is 0 Å². The summed E-state index contributed by atoms with van der Waals surface area (Å²) in [7, 11) is 0. The highest BCUT2D eigenvalue weighted by molar-refractivity contribution is 7.80. The summed E-state index contributed by atoms with van der Waals surface area (Å²) < 4.78 is 5.82. The lowest BCUT2D eigenvalue weighted by molar-refractivity contribution is 0.300. The summed E-state index contributed by atoms with van der Waals surface area (Å²) in [5.74, 6) is 1.79. The summed E-state index contributed by atoms with van der Waals surface area (Å²) in [4.78, 5) is 0. The molecule has 1 atom stereocenters. The minimum atomic E-state index is 0. The Hall–Kier alpha value is -0.380. The van der Waals surface area contributed by atoms with Crippen molar-refractivity contribution in [2.75, 3.05) is 12.4 Å². The van der Waals surface area contributed by atoms with Crippen molar-refractivity contribution in [1.82, 2.24) is 0 Å². The molecule has 2 N–H and O–H groups in total. The van der Waals surface area contributed by atoms with E-state index in [4.69, 9.17) is 10.5 Å². The molecule has 1 aromatic carbocycles. The number of para-hydroxylation sites is 1. The molecule has 1 rings (SSSR count). The Morgan fingerprint density at radius 2 is 1.83 bits per heavy atom. The number of nitrogens with two attached hydrogens (primary N) is 1. The van der Waals surface area contributed by atoms with Gasteiger partial charge in [-0.25, -0.2) is 0 Å². The zero-order valence-electron chi connectivity index (χ0n) is 11.2. The van der Waals surface area contributed by atoms with Crippen LogP contribution in [0.4, 0.5) is 0 Å². The molecule has 0 unspecified atom stereocenters. The lowest BCUT2D eigenvalue weighted by atomic mass is 10.1. The van der Waals surface area contributed by atoms with Crippen molar-refractivity contribution in [3.05, 3.63) is 29.3 Å². The Balaban J connectivity index is 0.00000289. The second-order valence-electron chi connectivity index (χ2n) is 4.51. The van der Waals surface area contributed by atoms with E-state index in [0.29, 0.717) is 0 Å². The summed E-state index contributed by atoms with van der Waals surface area (Å²) in [5.41, 5.74) is 8.21. The molecule has 0 heterocycles. The van der Waals surface area contributed by atoms with Crippen LogP contribution in [0.25, 0.3) is 0 Å². The zero-order valence-corrected chi connectivity index (χ0v) is 12.9. The molecule has 1 aromatic rings. The van der Waals surface area contributed by atoms with Crippen LogP contribution in [-0.4, -0.2) is 18.4 Å². The van der Waals surface area contributed by atoms with Gasteiger partial charge >= 0.3 is 0 Å². The van der Waals surface area contributed by atoms with Gasteiger partial charge in [0, 0.05) is 11.8 Å². The fraction of sp³-hybridized carbons (Fsp3) is 0.571. The van der Waals surface area contributed by atoms with E-state index in [1.807, 2.05) is 0 Å². The van der Waals surface area contributed by atoms with Crippen LogP contribution in [0.5, 0.6) is 5.75 Å². The Labute approximate surface area is 122 Å². The summed E-state index contributed by atoms with van der Waals surface area (Å²) >= 11 is 4.17. The fourth-order valence-corrected chi connectivity index (χ4v) is 1.98. The first-order valence-corrected chi connectivity index (χ1v) is 6.84. The summed E-state index contributed by atoms with van der Waals surface area (Å²) in [6.07, 6.45) is 3.18. The molecule has 0 saturated heterocycles. The van der Waals surface area contributed by atoms with Gasteiger partial charge in [0.25, 0.3) is 0 Å². The van der Waals surface area contributed by atoms with Gasteiger partial charge in [0.1, 0.15) is 5.75 Å². The minimum Gasteiger partial charge on any atom is -0.493 e. The highest BCUT2D eigenvalue weighted by Crippen LogP contribution is 2.22. The van der Waals surface area contributed by atoms with Gasteiger partial charge in [-0.3, -0.25) is 0 Å². The largest absolute Gasteiger partial charge is 0.493 e. The third-order valence-corrected chi connectivity index (χ3v) is 3.33. The van der Waals surface area contributed by atoms with E-state index in [0.717, 1.165) is 37.4 Å². The predicted octanol–water partition coefficient (Wildman–Crippen LogP) is 3.53. The molecule has 0 fully saturated rings. The topological polar surface area (TPSA) is 35.2 Å². The molecule has 0 saturated carbocycles. The van der Waals surface area contributed by atoms with E-state index in [9.17, 15) is 0 Å². The standard InChI is InChI=1S/C14H23NOS.ClH/c1-11-6-5-7-12(2)14(11)16-9-4-3-8-13(15)10-17;/h5-7,13,17H,3-4,8-10,15H2,1-2H3;1H/t13-;/m0./s1. The van der Waals surface area contributed by atoms with Crippen LogP contribution in [0.2, 0.25) is 0 Å². The molecule has 2 nitrogen and oxygen atoms in total. The second kappa shape index (κ2) is 9.54. The molecule has 0 aliphatic rings. The lowest BCUT2D eigenvalue weighted by Crippen LogP contribution is -2.21. The van der Waals surface area contributed by atoms with Crippen LogP contribution >= 0.6 is 25.0 Å². The zero-order chi connectivity index (χ0) is 12.7. The number of benzene rings is 1. The quantitative estimate of drug-likeness (QED) is 0.595. The smallest absolute Gasteiger partial charge is 0.125 e. The van der Waals surface area contributed by atoms with Gasteiger partial charge in [0.05, 0.1) is 6.61 Å². The molecule has 0 aliphatic heterocycles. The maximum absolute atomic E-state index is 5.82. The average Bonchev–Trinajstić information content (AvgIpc) is 2.31. The van der Waals surface area contributed by atoms with Gasteiger partial charge in [0.15, 0.2) is 0 Å². The number of aryl methyl sites for hydroxylation is 2. The summed E-state index contributed by atoms with van der Waals surface area (Å²) in [6.45, 7) is 4.93. The van der Waals surface area contributed by atoms with E-state index >= 15 is 0 Å². The lowest BCUT2D eigenvalue weighted by Gasteiger charge is -2.12. The summed E-state index contributed by atoms with van der Waals surface area (Å²) in [6, 6.07) is 6.44. The van der Waals surface area contributed by atoms with Gasteiger partial charge in [0.2, 0.25) is 0 Å². The first kappa shape index (κ1) is 17.6. The van der Waals surface area contributed by atoms with Crippen molar-refractivity contribution >= 4 is 25.0 Å². The Morgan fingerprint density at radius 1 is 1.22 bits per heavy atom. The van der Waals surface area contributed by atoms with Gasteiger partial charge in [-0.05, 0) is 44.2 Å². The summed E-state index contributed by atoms with van der Waals surface area (Å²) in [5, 5.41) is 0. The molecule has 0 bridgehead atoms. The number of ether oxygens (including phenoxy) is 1. The number of hydrogen-bond donors (Lipinski definition) is 2. The third-order valence-electron chi connectivity index (χ3n) is 2.86. The van der Waals surface area contributed by atoms with Crippen LogP contribution in [0.15, 0.2) is 18.2 Å². The number of hydrogen-bond acceptors (Lipinski definition) is 3. The maximum atomic E-state index is 5.82. The monoisotopic (exact) mass is 289 g/mol. The predicted molar refractivity (Wildman–Crippen MR) is 84.3 cm³/mol. The van der Waals surface area contributed by atoms with Crippen molar-refractivity contribution in [3.63, 3.8) is 0 Å². The molecular weight excluding hydrogens is 266 g/mol. The van der Waals surface area contributed by atoms with Crippen molar-refractivity contribution in [3.8, 4) is 5.75 Å². The highest BCUT2D eigenvalue weighted by Gasteiger charge is 2.03. The van der Waals surface area contributed by atoms with Gasteiger partial charge in [-0.15, -0.1) is 12.4 Å². The highest BCUT2D eigenvalue weighted by atomic mass is 35.5. The van der Waals surface area contributed by atoms with Crippen molar-refractivity contribution in [2.24, 2.45) is 5.73 Å². The Bertz CT molecular complexity index is 326. The Kier molecular flexibility index (Phi) is 9.34. The minimum absolute atomic E-state index is 0.